The van der Waals surface area contributed by atoms with Crippen LogP contribution >= 0.6 is 23.2 Å². The van der Waals surface area contributed by atoms with Gasteiger partial charge in [-0.15, -0.1) is 0 Å². The van der Waals surface area contributed by atoms with Crippen LogP contribution in [-0.2, 0) is 23.8 Å². The van der Waals surface area contributed by atoms with Crippen molar-refractivity contribution in [2.45, 2.75) is 31.1 Å². The van der Waals surface area contributed by atoms with Gasteiger partial charge in [-0.1, -0.05) is 29.3 Å². The van der Waals surface area contributed by atoms with Gasteiger partial charge in [0.05, 0.1) is 22.6 Å². The molecule has 1 aromatic carbocycles. The van der Waals surface area contributed by atoms with Crippen molar-refractivity contribution in [1.82, 2.24) is 4.90 Å². The third kappa shape index (κ3) is 4.31. The van der Waals surface area contributed by atoms with Gasteiger partial charge in [-0.2, -0.15) is 0 Å². The molecule has 1 spiro atoms. The van der Waals surface area contributed by atoms with Crippen LogP contribution in [0.3, 0.4) is 0 Å². The number of halogens is 2. The first-order valence-corrected chi connectivity index (χ1v) is 10.5. The van der Waals surface area contributed by atoms with Crippen LogP contribution in [0.25, 0.3) is 0 Å². The maximum absolute atomic E-state index is 12.3. The maximum Gasteiger partial charge on any atom is 0.335 e. The first-order chi connectivity index (χ1) is 13.9. The standard InChI is InChI=1S/C21H23Cl2NO5/c1-24-9-8-15(14-4-5-17(22)18(23)10-14)16(12-27-11-13-2-3-13)21(24)28-19(25)6-7-20(26)29-21/h4-7,10,13,15-16H,2-3,8-9,11-12H2,1H3. The summed E-state index contributed by atoms with van der Waals surface area (Å²) in [6, 6.07) is 5.48. The van der Waals surface area contributed by atoms with Gasteiger partial charge in [-0.3, -0.25) is 0 Å². The normalized spacial score (nSPS) is 26.9. The van der Waals surface area contributed by atoms with E-state index in [0.717, 1.165) is 24.1 Å². The molecule has 0 radical (unpaired) electrons. The van der Waals surface area contributed by atoms with Gasteiger partial charge in [-0.25, -0.2) is 14.5 Å². The summed E-state index contributed by atoms with van der Waals surface area (Å²) in [5.74, 6) is -2.73. The average Bonchev–Trinajstić information content (AvgIpc) is 3.51. The fraction of sp³-hybridized carbons (Fsp3) is 0.524. The number of esters is 2. The van der Waals surface area contributed by atoms with Crippen LogP contribution in [0.2, 0.25) is 10.0 Å². The largest absolute Gasteiger partial charge is 0.405 e. The van der Waals surface area contributed by atoms with Crippen molar-refractivity contribution in [3.8, 4) is 0 Å². The highest BCUT2D eigenvalue weighted by Gasteiger charge is 2.56. The van der Waals surface area contributed by atoms with Gasteiger partial charge in [0.25, 0.3) is 0 Å². The van der Waals surface area contributed by atoms with E-state index in [4.69, 9.17) is 37.4 Å². The Morgan fingerprint density at radius 3 is 2.38 bits per heavy atom. The highest BCUT2D eigenvalue weighted by atomic mass is 35.5. The lowest BCUT2D eigenvalue weighted by atomic mass is 9.78. The summed E-state index contributed by atoms with van der Waals surface area (Å²) in [7, 11) is 1.78. The summed E-state index contributed by atoms with van der Waals surface area (Å²) >= 11 is 12.4. The Hall–Kier alpha value is -1.60. The number of rotatable bonds is 5. The van der Waals surface area contributed by atoms with Crippen molar-refractivity contribution in [2.75, 3.05) is 26.8 Å². The van der Waals surface area contributed by atoms with E-state index < -0.39 is 23.8 Å². The van der Waals surface area contributed by atoms with Crippen LogP contribution < -0.4 is 0 Å². The molecule has 6 nitrogen and oxygen atoms in total. The fourth-order valence-electron chi connectivity index (χ4n) is 4.06. The van der Waals surface area contributed by atoms with Crippen molar-refractivity contribution >= 4 is 35.1 Å². The molecule has 156 valence electrons. The zero-order chi connectivity index (χ0) is 20.6. The predicted octanol–water partition coefficient (Wildman–Crippen LogP) is 3.77. The number of hydrogen-bond acceptors (Lipinski definition) is 6. The van der Waals surface area contributed by atoms with E-state index in [2.05, 4.69) is 0 Å². The lowest BCUT2D eigenvalue weighted by Crippen LogP contribution is -2.63. The molecule has 8 heteroatoms. The Morgan fingerprint density at radius 1 is 1.07 bits per heavy atom. The highest BCUT2D eigenvalue weighted by Crippen LogP contribution is 2.46. The van der Waals surface area contributed by atoms with Crippen LogP contribution in [0.1, 0.15) is 30.7 Å². The lowest BCUT2D eigenvalue weighted by Gasteiger charge is -2.50. The summed E-state index contributed by atoms with van der Waals surface area (Å²) in [6.45, 7) is 1.49. The van der Waals surface area contributed by atoms with Gasteiger partial charge >= 0.3 is 17.8 Å². The SMILES string of the molecule is CN1CCC(c2ccc(Cl)c(Cl)c2)C(COCC2CC2)C12OC(=O)C=CC(=O)O2. The van der Waals surface area contributed by atoms with E-state index in [1.165, 1.54) is 12.8 Å². The van der Waals surface area contributed by atoms with Gasteiger partial charge in [-0.05, 0) is 55.8 Å². The minimum atomic E-state index is -1.55. The number of piperidine rings is 1. The molecule has 29 heavy (non-hydrogen) atoms. The number of carbonyl (C=O) groups is 2. The van der Waals surface area contributed by atoms with Crippen molar-refractivity contribution in [1.29, 1.82) is 0 Å². The number of nitrogens with zero attached hydrogens (tertiary/aromatic N) is 1. The van der Waals surface area contributed by atoms with Crippen LogP contribution in [0.4, 0.5) is 0 Å². The smallest absolute Gasteiger partial charge is 0.335 e. The Bertz CT molecular complexity index is 818. The minimum Gasteiger partial charge on any atom is -0.405 e. The monoisotopic (exact) mass is 439 g/mol. The van der Waals surface area contributed by atoms with Crippen molar-refractivity contribution < 1.29 is 23.8 Å². The molecule has 2 unspecified atom stereocenters. The Labute approximate surface area is 179 Å². The Kier molecular flexibility index (Phi) is 5.89. The van der Waals surface area contributed by atoms with Gasteiger partial charge in [0.2, 0.25) is 0 Å². The molecule has 1 aromatic rings. The number of carbonyl (C=O) groups excluding carboxylic acids is 2. The molecular weight excluding hydrogens is 417 g/mol. The first kappa shape index (κ1) is 20.7. The third-order valence-corrected chi connectivity index (χ3v) is 6.57. The second kappa shape index (κ2) is 8.26. The van der Waals surface area contributed by atoms with Crippen molar-refractivity contribution in [2.24, 2.45) is 11.8 Å². The van der Waals surface area contributed by atoms with Crippen LogP contribution in [0.15, 0.2) is 30.4 Å². The van der Waals surface area contributed by atoms with Crippen LogP contribution in [-0.4, -0.2) is 49.6 Å². The van der Waals surface area contributed by atoms with Crippen LogP contribution in [0, 0.1) is 11.8 Å². The van der Waals surface area contributed by atoms with E-state index >= 15 is 0 Å². The second-order valence-electron chi connectivity index (χ2n) is 7.88. The number of hydrogen-bond donors (Lipinski definition) is 0. The molecule has 2 fully saturated rings. The predicted molar refractivity (Wildman–Crippen MR) is 108 cm³/mol. The molecule has 1 aliphatic carbocycles. The molecule has 4 rings (SSSR count). The average molecular weight is 440 g/mol. The number of ether oxygens (including phenoxy) is 3. The van der Waals surface area contributed by atoms with E-state index in [-0.39, 0.29) is 12.5 Å². The summed E-state index contributed by atoms with van der Waals surface area (Å²) in [4.78, 5) is 26.3. The minimum absolute atomic E-state index is 0.0983. The Balaban J connectivity index is 1.70. The zero-order valence-corrected chi connectivity index (χ0v) is 17.6. The summed E-state index contributed by atoms with van der Waals surface area (Å²) in [6.07, 6.45) is 5.28. The van der Waals surface area contributed by atoms with E-state index in [0.29, 0.717) is 29.1 Å². The molecule has 1 saturated heterocycles. The second-order valence-corrected chi connectivity index (χ2v) is 8.70. The molecule has 3 aliphatic rings. The molecule has 0 aromatic heterocycles. The molecule has 0 amide bonds. The maximum atomic E-state index is 12.3. The zero-order valence-electron chi connectivity index (χ0n) is 16.1. The van der Waals surface area contributed by atoms with Gasteiger partial charge in [0.15, 0.2) is 0 Å². The Morgan fingerprint density at radius 2 is 1.76 bits per heavy atom. The van der Waals surface area contributed by atoms with Crippen molar-refractivity contribution in [3.63, 3.8) is 0 Å². The molecule has 0 bridgehead atoms. The molecular formula is C21H23Cl2NO5. The molecule has 0 N–H and O–H groups in total. The lowest BCUT2D eigenvalue weighted by molar-refractivity contribution is -0.320. The molecule has 2 aliphatic heterocycles. The molecule has 2 heterocycles. The summed E-state index contributed by atoms with van der Waals surface area (Å²) in [5, 5.41) is 0.919. The van der Waals surface area contributed by atoms with Crippen LogP contribution in [0.5, 0.6) is 0 Å². The fourth-order valence-corrected chi connectivity index (χ4v) is 4.36. The van der Waals surface area contributed by atoms with Crippen molar-refractivity contribution in [3.05, 3.63) is 46.0 Å². The third-order valence-electron chi connectivity index (χ3n) is 5.83. The summed E-state index contributed by atoms with van der Waals surface area (Å²) < 4.78 is 17.5. The van der Waals surface area contributed by atoms with E-state index in [1.54, 1.807) is 18.0 Å². The summed E-state index contributed by atoms with van der Waals surface area (Å²) in [5.41, 5.74) is 0.941. The van der Waals surface area contributed by atoms with Gasteiger partial charge < -0.3 is 14.2 Å². The van der Waals surface area contributed by atoms with E-state index in [1.807, 2.05) is 12.1 Å². The molecule has 1 saturated carbocycles. The highest BCUT2D eigenvalue weighted by molar-refractivity contribution is 6.42. The van der Waals surface area contributed by atoms with E-state index in [9.17, 15) is 9.59 Å². The number of likely N-dealkylation sites (tertiary alicyclic amines) is 1. The van der Waals surface area contributed by atoms with Gasteiger partial charge in [0.1, 0.15) is 0 Å². The topological polar surface area (TPSA) is 65.1 Å². The number of benzene rings is 1. The first-order valence-electron chi connectivity index (χ1n) is 9.77. The molecule has 2 atom stereocenters. The quantitative estimate of drug-likeness (QED) is 0.650. The van der Waals surface area contributed by atoms with Gasteiger partial charge in [0, 0.05) is 25.3 Å².